The second-order valence-corrected chi connectivity index (χ2v) is 6.56. The molecule has 0 aliphatic carbocycles. The number of hydrogen-bond donors (Lipinski definition) is 2. The molecule has 0 aromatic heterocycles. The van der Waals surface area contributed by atoms with E-state index in [2.05, 4.69) is 10.6 Å². The van der Waals surface area contributed by atoms with Crippen LogP contribution in [0.3, 0.4) is 0 Å². The van der Waals surface area contributed by atoms with Crippen molar-refractivity contribution in [3.63, 3.8) is 0 Å². The number of rotatable bonds is 11. The number of piperidine rings is 1. The van der Waals surface area contributed by atoms with Gasteiger partial charge in [-0.1, -0.05) is 19.8 Å². The Hall–Kier alpha value is -1.43. The maximum atomic E-state index is 12.2. The number of nitrogens with zero attached hydrogens (tertiary/aromatic N) is 1. The first-order chi connectivity index (χ1) is 11.6. The van der Waals surface area contributed by atoms with E-state index in [1.807, 2.05) is 11.8 Å². The van der Waals surface area contributed by atoms with Crippen molar-refractivity contribution in [1.82, 2.24) is 15.5 Å². The van der Waals surface area contributed by atoms with Gasteiger partial charge < -0.3 is 15.5 Å². The summed E-state index contributed by atoms with van der Waals surface area (Å²) in [5.41, 5.74) is 0. The SMILES string of the molecule is CCC(=O)CCCCCCC(=O)N1CCC(NC(=O)CNC)CC1. The second kappa shape index (κ2) is 12.0. The van der Waals surface area contributed by atoms with Crippen molar-refractivity contribution >= 4 is 17.6 Å². The predicted molar refractivity (Wildman–Crippen MR) is 94.7 cm³/mol. The summed E-state index contributed by atoms with van der Waals surface area (Å²) in [4.78, 5) is 36.8. The third-order valence-corrected chi connectivity index (χ3v) is 4.54. The number of nitrogens with one attached hydrogen (secondary N) is 2. The lowest BCUT2D eigenvalue weighted by Gasteiger charge is -2.32. The number of likely N-dealkylation sites (N-methyl/N-ethyl adjacent to an activating group) is 1. The molecular weight excluding hydrogens is 306 g/mol. The maximum Gasteiger partial charge on any atom is 0.234 e. The maximum absolute atomic E-state index is 12.2. The van der Waals surface area contributed by atoms with Gasteiger partial charge in [0.25, 0.3) is 0 Å². The Bertz CT molecular complexity index is 404. The first-order valence-electron chi connectivity index (χ1n) is 9.30. The molecule has 1 heterocycles. The van der Waals surface area contributed by atoms with Gasteiger partial charge in [-0.25, -0.2) is 0 Å². The average Bonchev–Trinajstić information content (AvgIpc) is 2.58. The Kier molecular flexibility index (Phi) is 10.3. The number of carbonyl (C=O) groups excluding carboxylic acids is 3. The third-order valence-electron chi connectivity index (χ3n) is 4.54. The number of unbranched alkanes of at least 4 members (excludes halogenated alkanes) is 3. The van der Waals surface area contributed by atoms with E-state index in [1.54, 1.807) is 7.05 Å². The quantitative estimate of drug-likeness (QED) is 0.561. The van der Waals surface area contributed by atoms with Crippen LogP contribution in [0.15, 0.2) is 0 Å². The zero-order valence-electron chi connectivity index (χ0n) is 15.2. The van der Waals surface area contributed by atoms with Crippen molar-refractivity contribution in [2.24, 2.45) is 0 Å². The molecule has 6 nitrogen and oxygen atoms in total. The normalized spacial score (nSPS) is 15.3. The summed E-state index contributed by atoms with van der Waals surface area (Å²) in [5.74, 6) is 0.569. The summed E-state index contributed by atoms with van der Waals surface area (Å²) < 4.78 is 0. The first-order valence-corrected chi connectivity index (χ1v) is 9.30. The van der Waals surface area contributed by atoms with E-state index in [9.17, 15) is 14.4 Å². The molecule has 0 bridgehead atoms. The molecule has 6 heteroatoms. The van der Waals surface area contributed by atoms with Crippen LogP contribution in [0.25, 0.3) is 0 Å². The van der Waals surface area contributed by atoms with Crippen LogP contribution in [0.2, 0.25) is 0 Å². The Morgan fingerprint density at radius 3 is 2.21 bits per heavy atom. The van der Waals surface area contributed by atoms with Gasteiger partial charge in [0.05, 0.1) is 6.54 Å². The van der Waals surface area contributed by atoms with Gasteiger partial charge in [0.2, 0.25) is 11.8 Å². The number of Topliss-reactive ketones (excluding diaryl/α,β-unsaturated/α-hetero) is 1. The molecule has 1 saturated heterocycles. The molecule has 0 aromatic carbocycles. The number of hydrogen-bond acceptors (Lipinski definition) is 4. The van der Waals surface area contributed by atoms with E-state index in [4.69, 9.17) is 0 Å². The summed E-state index contributed by atoms with van der Waals surface area (Å²) in [6.07, 6.45) is 7.45. The highest BCUT2D eigenvalue weighted by Gasteiger charge is 2.23. The van der Waals surface area contributed by atoms with Gasteiger partial charge >= 0.3 is 0 Å². The van der Waals surface area contributed by atoms with Crippen LogP contribution >= 0.6 is 0 Å². The highest BCUT2D eigenvalue weighted by atomic mass is 16.2. The van der Waals surface area contributed by atoms with E-state index in [-0.39, 0.29) is 17.9 Å². The van der Waals surface area contributed by atoms with Crippen LogP contribution in [0, 0.1) is 0 Å². The Morgan fingerprint density at radius 2 is 1.62 bits per heavy atom. The Balaban J connectivity index is 2.08. The molecule has 0 atom stereocenters. The van der Waals surface area contributed by atoms with Crippen molar-refractivity contribution in [2.45, 2.75) is 70.8 Å². The predicted octanol–water partition coefficient (Wildman–Crippen LogP) is 1.63. The molecule has 0 spiro atoms. The van der Waals surface area contributed by atoms with Gasteiger partial charge in [-0.05, 0) is 32.7 Å². The summed E-state index contributed by atoms with van der Waals surface area (Å²) in [5, 5.41) is 5.83. The summed E-state index contributed by atoms with van der Waals surface area (Å²) in [7, 11) is 1.75. The van der Waals surface area contributed by atoms with Gasteiger partial charge in [0.1, 0.15) is 5.78 Å². The van der Waals surface area contributed by atoms with Gasteiger partial charge in [-0.3, -0.25) is 14.4 Å². The van der Waals surface area contributed by atoms with Gasteiger partial charge in [0, 0.05) is 38.4 Å². The summed E-state index contributed by atoms with van der Waals surface area (Å²) in [6.45, 7) is 3.70. The van der Waals surface area contributed by atoms with Crippen LogP contribution in [0.5, 0.6) is 0 Å². The fourth-order valence-electron chi connectivity index (χ4n) is 3.00. The molecule has 24 heavy (non-hydrogen) atoms. The van der Waals surface area contributed by atoms with Crippen molar-refractivity contribution < 1.29 is 14.4 Å². The summed E-state index contributed by atoms with van der Waals surface area (Å²) >= 11 is 0. The van der Waals surface area contributed by atoms with E-state index in [1.165, 1.54) is 0 Å². The van der Waals surface area contributed by atoms with Crippen molar-refractivity contribution in [1.29, 1.82) is 0 Å². The van der Waals surface area contributed by atoms with E-state index >= 15 is 0 Å². The Labute approximate surface area is 145 Å². The molecule has 1 aliphatic heterocycles. The minimum atomic E-state index is 0.0174. The highest BCUT2D eigenvalue weighted by Crippen LogP contribution is 2.14. The van der Waals surface area contributed by atoms with Crippen molar-refractivity contribution in [3.8, 4) is 0 Å². The lowest BCUT2D eigenvalue weighted by Crippen LogP contribution is -2.48. The molecule has 138 valence electrons. The lowest BCUT2D eigenvalue weighted by molar-refractivity contribution is -0.132. The number of carbonyl (C=O) groups is 3. The molecule has 0 aromatic rings. The van der Waals surface area contributed by atoms with Gasteiger partial charge in [-0.2, -0.15) is 0 Å². The molecule has 2 N–H and O–H groups in total. The monoisotopic (exact) mass is 339 g/mol. The van der Waals surface area contributed by atoms with Crippen LogP contribution in [0.1, 0.15) is 64.7 Å². The van der Waals surface area contributed by atoms with E-state index in [0.29, 0.717) is 31.6 Å². The molecule has 0 unspecified atom stereocenters. The van der Waals surface area contributed by atoms with Crippen LogP contribution < -0.4 is 10.6 Å². The molecule has 2 amide bonds. The minimum Gasteiger partial charge on any atom is -0.352 e. The lowest BCUT2D eigenvalue weighted by atomic mass is 10.0. The standard InChI is InChI=1S/C18H33N3O3/c1-3-16(22)8-6-4-5-7-9-18(24)21-12-10-15(11-13-21)20-17(23)14-19-2/h15,19H,3-14H2,1-2H3,(H,20,23). The molecule has 0 saturated carbocycles. The fraction of sp³-hybridized carbons (Fsp3) is 0.833. The minimum absolute atomic E-state index is 0.0174. The molecule has 0 radical (unpaired) electrons. The number of likely N-dealkylation sites (tertiary alicyclic amines) is 1. The smallest absolute Gasteiger partial charge is 0.234 e. The number of amides is 2. The van der Waals surface area contributed by atoms with Crippen LogP contribution in [0.4, 0.5) is 0 Å². The fourth-order valence-corrected chi connectivity index (χ4v) is 3.00. The van der Waals surface area contributed by atoms with Crippen molar-refractivity contribution in [2.75, 3.05) is 26.7 Å². The molecular formula is C18H33N3O3. The van der Waals surface area contributed by atoms with Crippen LogP contribution in [-0.4, -0.2) is 55.2 Å². The van der Waals surface area contributed by atoms with E-state index < -0.39 is 0 Å². The van der Waals surface area contributed by atoms with Crippen molar-refractivity contribution in [3.05, 3.63) is 0 Å². The largest absolute Gasteiger partial charge is 0.352 e. The highest BCUT2D eigenvalue weighted by molar-refractivity contribution is 5.79. The zero-order valence-corrected chi connectivity index (χ0v) is 15.2. The van der Waals surface area contributed by atoms with Gasteiger partial charge in [-0.15, -0.1) is 0 Å². The van der Waals surface area contributed by atoms with Gasteiger partial charge in [0.15, 0.2) is 0 Å². The topological polar surface area (TPSA) is 78.5 Å². The molecule has 1 aliphatic rings. The van der Waals surface area contributed by atoms with Crippen LogP contribution in [-0.2, 0) is 14.4 Å². The average molecular weight is 339 g/mol. The molecule has 1 rings (SSSR count). The Morgan fingerprint density at radius 1 is 1.00 bits per heavy atom. The van der Waals surface area contributed by atoms with E-state index in [0.717, 1.165) is 51.6 Å². The zero-order chi connectivity index (χ0) is 17.8. The molecule has 1 fully saturated rings. The summed E-state index contributed by atoms with van der Waals surface area (Å²) in [6, 6.07) is 0.186. The second-order valence-electron chi connectivity index (χ2n) is 6.56. The number of ketones is 1. The first kappa shape index (κ1) is 20.6. The third kappa shape index (κ3) is 8.43.